The molecule has 0 bridgehead atoms. The van der Waals surface area contributed by atoms with Gasteiger partial charge in [-0.1, -0.05) is 13.8 Å². The Hall–Kier alpha value is -1.24. The molecule has 2 heterocycles. The molecule has 3 unspecified atom stereocenters. The van der Waals surface area contributed by atoms with Gasteiger partial charge in [0.05, 0.1) is 11.8 Å². The molecule has 2 aliphatic rings. The minimum absolute atomic E-state index is 0.0230. The maximum atomic E-state index is 12.7. The van der Waals surface area contributed by atoms with Crippen LogP contribution >= 0.6 is 11.8 Å². The Balaban J connectivity index is 1.99. The molecule has 3 atom stereocenters. The fraction of sp³-hybridized carbons (Fsp3) is 0.800. The fourth-order valence-corrected chi connectivity index (χ4v) is 4.35. The quantitative estimate of drug-likeness (QED) is 0.840. The van der Waals surface area contributed by atoms with Crippen molar-refractivity contribution >= 4 is 29.5 Å². The molecular formula is C15H24N2O4S. The summed E-state index contributed by atoms with van der Waals surface area (Å²) in [5.41, 5.74) is 0. The average Bonchev–Trinajstić information content (AvgIpc) is 2.95. The number of rotatable bonds is 4. The molecule has 2 amide bonds. The first kappa shape index (κ1) is 17.1. The molecule has 0 aromatic heterocycles. The van der Waals surface area contributed by atoms with E-state index in [9.17, 15) is 14.4 Å². The molecule has 0 aromatic carbocycles. The zero-order valence-electron chi connectivity index (χ0n) is 13.2. The van der Waals surface area contributed by atoms with E-state index in [0.717, 1.165) is 6.42 Å². The van der Waals surface area contributed by atoms with E-state index < -0.39 is 5.97 Å². The van der Waals surface area contributed by atoms with Crippen molar-refractivity contribution in [1.82, 2.24) is 9.80 Å². The molecule has 0 radical (unpaired) electrons. The van der Waals surface area contributed by atoms with Gasteiger partial charge >= 0.3 is 5.97 Å². The van der Waals surface area contributed by atoms with Crippen molar-refractivity contribution in [2.75, 3.05) is 24.7 Å². The number of carbonyl (C=O) groups excluding carboxylic acids is 2. The zero-order valence-corrected chi connectivity index (χ0v) is 14.0. The van der Waals surface area contributed by atoms with Gasteiger partial charge in [0.25, 0.3) is 0 Å². The Morgan fingerprint density at radius 3 is 2.64 bits per heavy atom. The minimum atomic E-state index is -0.782. The monoisotopic (exact) mass is 328 g/mol. The molecule has 0 saturated carbocycles. The minimum Gasteiger partial charge on any atom is -0.481 e. The molecular weight excluding hydrogens is 304 g/mol. The number of likely N-dealkylation sites (tertiary alicyclic amines) is 1. The number of amides is 2. The second-order valence-electron chi connectivity index (χ2n) is 6.12. The van der Waals surface area contributed by atoms with E-state index in [2.05, 4.69) is 0 Å². The summed E-state index contributed by atoms with van der Waals surface area (Å²) in [7, 11) is 0. The summed E-state index contributed by atoms with van der Waals surface area (Å²) in [5.74, 6) is 0.0295. The third-order valence-corrected chi connectivity index (χ3v) is 5.50. The maximum Gasteiger partial charge on any atom is 0.306 e. The van der Waals surface area contributed by atoms with Gasteiger partial charge < -0.3 is 14.9 Å². The van der Waals surface area contributed by atoms with Gasteiger partial charge in [-0.3, -0.25) is 14.4 Å². The lowest BCUT2D eigenvalue weighted by molar-refractivity contribution is -0.150. The van der Waals surface area contributed by atoms with E-state index in [0.29, 0.717) is 37.6 Å². The van der Waals surface area contributed by atoms with E-state index in [1.165, 1.54) is 0 Å². The van der Waals surface area contributed by atoms with Crippen molar-refractivity contribution < 1.29 is 19.5 Å². The summed E-state index contributed by atoms with van der Waals surface area (Å²) in [5, 5.41) is 9.16. The number of carboxylic acid groups (broad SMARTS) is 1. The summed E-state index contributed by atoms with van der Waals surface area (Å²) in [6.07, 6.45) is 1.74. The molecule has 1 N–H and O–H groups in total. The summed E-state index contributed by atoms with van der Waals surface area (Å²) in [4.78, 5) is 39.4. The Morgan fingerprint density at radius 2 is 2.05 bits per heavy atom. The highest BCUT2D eigenvalue weighted by atomic mass is 32.2. The topological polar surface area (TPSA) is 77.9 Å². The van der Waals surface area contributed by atoms with E-state index in [1.54, 1.807) is 21.6 Å². The SMILES string of the molecule is CCCC(=O)N1CSCC1C(=O)N1CCC(C(=O)O)C(C)C1. The van der Waals surface area contributed by atoms with E-state index in [1.807, 2.05) is 13.8 Å². The van der Waals surface area contributed by atoms with Gasteiger partial charge in [0.1, 0.15) is 6.04 Å². The van der Waals surface area contributed by atoms with Crippen molar-refractivity contribution in [2.45, 2.75) is 39.2 Å². The Morgan fingerprint density at radius 1 is 1.32 bits per heavy atom. The van der Waals surface area contributed by atoms with Crippen LogP contribution in [0.15, 0.2) is 0 Å². The van der Waals surface area contributed by atoms with Gasteiger partial charge in [0.2, 0.25) is 11.8 Å². The van der Waals surface area contributed by atoms with Crippen molar-refractivity contribution in [3.8, 4) is 0 Å². The van der Waals surface area contributed by atoms with Crippen LogP contribution < -0.4 is 0 Å². The number of nitrogens with zero attached hydrogens (tertiary/aromatic N) is 2. The van der Waals surface area contributed by atoms with E-state index in [4.69, 9.17) is 5.11 Å². The summed E-state index contributed by atoms with van der Waals surface area (Å²) < 4.78 is 0. The van der Waals surface area contributed by atoms with Crippen LogP contribution in [0.3, 0.4) is 0 Å². The second kappa shape index (κ2) is 7.35. The smallest absolute Gasteiger partial charge is 0.306 e. The second-order valence-corrected chi connectivity index (χ2v) is 7.12. The number of carbonyl (C=O) groups is 3. The maximum absolute atomic E-state index is 12.7. The molecule has 2 aliphatic heterocycles. The van der Waals surface area contributed by atoms with Gasteiger partial charge in [-0.15, -0.1) is 11.8 Å². The van der Waals surface area contributed by atoms with Crippen LogP contribution in [-0.2, 0) is 14.4 Å². The first-order chi connectivity index (χ1) is 10.5. The lowest BCUT2D eigenvalue weighted by Gasteiger charge is -2.37. The van der Waals surface area contributed by atoms with Crippen LogP contribution in [-0.4, -0.2) is 63.5 Å². The van der Waals surface area contributed by atoms with Crippen LogP contribution in [0.4, 0.5) is 0 Å². The standard InChI is InChI=1S/C15H24N2O4S/c1-3-4-13(18)17-9-22-8-12(17)14(19)16-6-5-11(15(20)21)10(2)7-16/h10-12H,3-9H2,1-2H3,(H,20,21). The van der Waals surface area contributed by atoms with Gasteiger partial charge in [-0.05, 0) is 18.8 Å². The lowest BCUT2D eigenvalue weighted by Crippen LogP contribution is -2.53. The van der Waals surface area contributed by atoms with Gasteiger partial charge in [0, 0.05) is 25.3 Å². The number of carboxylic acids is 1. The molecule has 2 saturated heterocycles. The van der Waals surface area contributed by atoms with Crippen molar-refractivity contribution in [3.05, 3.63) is 0 Å². The van der Waals surface area contributed by atoms with Crippen molar-refractivity contribution in [2.24, 2.45) is 11.8 Å². The molecule has 7 heteroatoms. The van der Waals surface area contributed by atoms with Crippen LogP contribution in [0.5, 0.6) is 0 Å². The molecule has 6 nitrogen and oxygen atoms in total. The summed E-state index contributed by atoms with van der Waals surface area (Å²) >= 11 is 1.61. The van der Waals surface area contributed by atoms with Gasteiger partial charge in [-0.25, -0.2) is 0 Å². The number of hydrogen-bond acceptors (Lipinski definition) is 4. The molecule has 0 aromatic rings. The van der Waals surface area contributed by atoms with Gasteiger partial charge in [0.15, 0.2) is 0 Å². The molecule has 2 rings (SSSR count). The van der Waals surface area contributed by atoms with Crippen LogP contribution in [0, 0.1) is 11.8 Å². The van der Waals surface area contributed by atoms with Crippen LogP contribution in [0.2, 0.25) is 0 Å². The number of thioether (sulfide) groups is 1. The number of piperidine rings is 1. The third-order valence-electron chi connectivity index (χ3n) is 4.49. The first-order valence-corrected chi connectivity index (χ1v) is 9.00. The average molecular weight is 328 g/mol. The van der Waals surface area contributed by atoms with Crippen molar-refractivity contribution in [1.29, 1.82) is 0 Å². The first-order valence-electron chi connectivity index (χ1n) is 7.84. The number of hydrogen-bond donors (Lipinski definition) is 1. The molecule has 0 aliphatic carbocycles. The predicted molar refractivity (Wildman–Crippen MR) is 84.4 cm³/mol. The van der Waals surface area contributed by atoms with Gasteiger partial charge in [-0.2, -0.15) is 0 Å². The Labute approximate surface area is 135 Å². The zero-order chi connectivity index (χ0) is 16.3. The normalized spacial score (nSPS) is 28.7. The predicted octanol–water partition coefficient (Wildman–Crippen LogP) is 1.26. The van der Waals surface area contributed by atoms with Crippen molar-refractivity contribution in [3.63, 3.8) is 0 Å². The van der Waals surface area contributed by atoms with E-state index in [-0.39, 0.29) is 29.7 Å². The highest BCUT2D eigenvalue weighted by Crippen LogP contribution is 2.28. The number of aliphatic carboxylic acids is 1. The fourth-order valence-electron chi connectivity index (χ4n) is 3.17. The highest BCUT2D eigenvalue weighted by Gasteiger charge is 2.40. The molecule has 2 fully saturated rings. The summed E-state index contributed by atoms with van der Waals surface area (Å²) in [6, 6.07) is -0.377. The highest BCUT2D eigenvalue weighted by molar-refractivity contribution is 7.99. The van der Waals surface area contributed by atoms with Crippen LogP contribution in [0.1, 0.15) is 33.1 Å². The molecule has 124 valence electrons. The molecule has 0 spiro atoms. The summed E-state index contributed by atoms with van der Waals surface area (Å²) in [6.45, 7) is 4.77. The van der Waals surface area contributed by atoms with E-state index >= 15 is 0 Å². The largest absolute Gasteiger partial charge is 0.481 e. The Kier molecular flexibility index (Phi) is 5.72. The lowest BCUT2D eigenvalue weighted by atomic mass is 9.87. The Bertz CT molecular complexity index is 457. The third kappa shape index (κ3) is 3.56. The molecule has 22 heavy (non-hydrogen) atoms. The van der Waals surface area contributed by atoms with Crippen LogP contribution in [0.25, 0.3) is 0 Å².